The van der Waals surface area contributed by atoms with Crippen LogP contribution in [0.25, 0.3) is 0 Å². The van der Waals surface area contributed by atoms with E-state index in [1.165, 1.54) is 11.3 Å². The Labute approximate surface area is 121 Å². The van der Waals surface area contributed by atoms with E-state index in [1.54, 1.807) is 29.8 Å². The fraction of sp³-hybridized carbons (Fsp3) is 0.357. The lowest BCUT2D eigenvalue weighted by atomic mass is 10.2. The lowest BCUT2D eigenvalue weighted by Crippen LogP contribution is -2.15. The Balaban J connectivity index is 1.78. The van der Waals surface area contributed by atoms with E-state index >= 15 is 0 Å². The summed E-state index contributed by atoms with van der Waals surface area (Å²) in [4.78, 5) is 22.1. The quantitative estimate of drug-likeness (QED) is 0.907. The van der Waals surface area contributed by atoms with Crippen molar-refractivity contribution in [3.05, 3.63) is 34.6 Å². The van der Waals surface area contributed by atoms with E-state index in [9.17, 15) is 4.79 Å². The molecule has 20 heavy (non-hydrogen) atoms. The number of amides is 1. The number of pyridine rings is 1. The van der Waals surface area contributed by atoms with Gasteiger partial charge in [0, 0.05) is 23.8 Å². The van der Waals surface area contributed by atoms with Crippen molar-refractivity contribution in [2.24, 2.45) is 0 Å². The minimum absolute atomic E-state index is 0.165. The van der Waals surface area contributed by atoms with E-state index in [-0.39, 0.29) is 5.91 Å². The normalized spacial score (nSPS) is 13.1. The van der Waals surface area contributed by atoms with Gasteiger partial charge in [0.2, 0.25) is 0 Å². The Bertz CT molecular complexity index is 616. The minimum atomic E-state index is -0.165. The molecule has 2 N–H and O–H groups in total. The average molecular weight is 288 g/mol. The summed E-state index contributed by atoms with van der Waals surface area (Å²) < 4.78 is 0. The van der Waals surface area contributed by atoms with Crippen molar-refractivity contribution in [3.8, 4) is 0 Å². The first-order valence-corrected chi connectivity index (χ1v) is 7.57. The van der Waals surface area contributed by atoms with Gasteiger partial charge in [-0.05, 0) is 32.3 Å². The van der Waals surface area contributed by atoms with Gasteiger partial charge in [-0.2, -0.15) is 0 Å². The first-order valence-electron chi connectivity index (χ1n) is 6.75. The number of thiazole rings is 1. The summed E-state index contributed by atoms with van der Waals surface area (Å²) in [5.41, 5.74) is 2.48. The number of fused-ring (bicyclic) bond motifs is 1. The molecule has 0 radical (unpaired) electrons. The van der Waals surface area contributed by atoms with Crippen LogP contribution in [0.1, 0.15) is 34.3 Å². The average Bonchev–Trinajstić information content (AvgIpc) is 3.00. The predicted molar refractivity (Wildman–Crippen MR) is 80.5 cm³/mol. The first kappa shape index (κ1) is 13.1. The molecule has 0 saturated heterocycles. The highest BCUT2D eigenvalue weighted by atomic mass is 32.1. The maximum Gasteiger partial charge on any atom is 0.261 e. The SMILES string of the molecule is CCNc1ccncc1C(=O)Nc1nc2c(s1)CCC2. The van der Waals surface area contributed by atoms with Crippen LogP contribution in [0.15, 0.2) is 18.5 Å². The van der Waals surface area contributed by atoms with Crippen LogP contribution in [0, 0.1) is 0 Å². The van der Waals surface area contributed by atoms with E-state index in [2.05, 4.69) is 20.6 Å². The van der Waals surface area contributed by atoms with Crippen molar-refractivity contribution in [2.75, 3.05) is 17.2 Å². The molecule has 0 saturated carbocycles. The number of hydrogen-bond donors (Lipinski definition) is 2. The Morgan fingerprint density at radius 3 is 3.15 bits per heavy atom. The third-order valence-corrected chi connectivity index (χ3v) is 4.32. The van der Waals surface area contributed by atoms with Gasteiger partial charge in [-0.1, -0.05) is 0 Å². The summed E-state index contributed by atoms with van der Waals surface area (Å²) in [6, 6.07) is 1.81. The van der Waals surface area contributed by atoms with Crippen LogP contribution in [-0.4, -0.2) is 22.4 Å². The monoisotopic (exact) mass is 288 g/mol. The van der Waals surface area contributed by atoms with E-state index < -0.39 is 0 Å². The van der Waals surface area contributed by atoms with Gasteiger partial charge in [0.1, 0.15) is 0 Å². The largest absolute Gasteiger partial charge is 0.385 e. The van der Waals surface area contributed by atoms with Crippen LogP contribution in [0.2, 0.25) is 0 Å². The number of aryl methyl sites for hydroxylation is 2. The van der Waals surface area contributed by atoms with E-state index in [0.717, 1.165) is 30.8 Å². The summed E-state index contributed by atoms with van der Waals surface area (Å²) in [6.07, 6.45) is 6.53. The Kier molecular flexibility index (Phi) is 3.64. The van der Waals surface area contributed by atoms with Crippen LogP contribution < -0.4 is 10.6 Å². The maximum absolute atomic E-state index is 12.3. The number of aromatic nitrogens is 2. The first-order chi connectivity index (χ1) is 9.78. The molecule has 0 bridgehead atoms. The van der Waals surface area contributed by atoms with E-state index in [4.69, 9.17) is 0 Å². The number of carbonyl (C=O) groups excluding carboxylic acids is 1. The second-order valence-corrected chi connectivity index (χ2v) is 5.73. The number of anilines is 2. The van der Waals surface area contributed by atoms with E-state index in [1.807, 2.05) is 6.92 Å². The van der Waals surface area contributed by atoms with Gasteiger partial charge in [0.25, 0.3) is 5.91 Å². The molecule has 2 aromatic heterocycles. The summed E-state index contributed by atoms with van der Waals surface area (Å²) in [5, 5.41) is 6.72. The van der Waals surface area contributed by atoms with Gasteiger partial charge in [0.05, 0.1) is 16.9 Å². The Morgan fingerprint density at radius 1 is 1.45 bits per heavy atom. The van der Waals surface area contributed by atoms with Gasteiger partial charge < -0.3 is 5.32 Å². The highest BCUT2D eigenvalue weighted by Crippen LogP contribution is 2.30. The van der Waals surface area contributed by atoms with Gasteiger partial charge in [-0.25, -0.2) is 4.98 Å². The minimum Gasteiger partial charge on any atom is -0.385 e. The molecule has 0 unspecified atom stereocenters. The third-order valence-electron chi connectivity index (χ3n) is 3.25. The van der Waals surface area contributed by atoms with Crippen molar-refractivity contribution in [1.29, 1.82) is 0 Å². The van der Waals surface area contributed by atoms with Crippen molar-refractivity contribution in [3.63, 3.8) is 0 Å². The number of nitrogens with one attached hydrogen (secondary N) is 2. The van der Waals surface area contributed by atoms with Crippen molar-refractivity contribution >= 4 is 28.1 Å². The van der Waals surface area contributed by atoms with Crippen molar-refractivity contribution < 1.29 is 4.79 Å². The second kappa shape index (κ2) is 5.58. The predicted octanol–water partition coefficient (Wildman–Crippen LogP) is 2.71. The smallest absolute Gasteiger partial charge is 0.261 e. The van der Waals surface area contributed by atoms with Crippen LogP contribution in [0.3, 0.4) is 0 Å². The second-order valence-electron chi connectivity index (χ2n) is 4.65. The topological polar surface area (TPSA) is 66.9 Å². The van der Waals surface area contributed by atoms with Gasteiger partial charge in [-0.3, -0.25) is 15.1 Å². The fourth-order valence-corrected chi connectivity index (χ4v) is 3.37. The Morgan fingerprint density at radius 2 is 2.35 bits per heavy atom. The zero-order chi connectivity index (χ0) is 13.9. The number of carbonyl (C=O) groups is 1. The maximum atomic E-state index is 12.3. The van der Waals surface area contributed by atoms with Gasteiger partial charge in [0.15, 0.2) is 5.13 Å². The molecule has 0 atom stereocenters. The molecule has 5 nitrogen and oxygen atoms in total. The molecular weight excluding hydrogens is 272 g/mol. The van der Waals surface area contributed by atoms with E-state index in [0.29, 0.717) is 10.7 Å². The number of nitrogens with zero attached hydrogens (tertiary/aromatic N) is 2. The van der Waals surface area contributed by atoms with Gasteiger partial charge in [-0.15, -0.1) is 11.3 Å². The standard InChI is InChI=1S/C14H16N4OS/c1-2-16-10-6-7-15-8-9(10)13(19)18-14-17-11-4-3-5-12(11)20-14/h6-8H,2-5H2,1H3,(H,15,16)(H,17,18,19). The van der Waals surface area contributed by atoms with Crippen LogP contribution in [0.5, 0.6) is 0 Å². The fourth-order valence-electron chi connectivity index (χ4n) is 2.33. The molecule has 2 aromatic rings. The van der Waals surface area contributed by atoms with Crippen LogP contribution in [0.4, 0.5) is 10.8 Å². The lowest BCUT2D eigenvalue weighted by molar-refractivity contribution is 0.102. The zero-order valence-electron chi connectivity index (χ0n) is 11.3. The van der Waals surface area contributed by atoms with Crippen LogP contribution >= 0.6 is 11.3 Å². The number of rotatable bonds is 4. The van der Waals surface area contributed by atoms with Crippen molar-refractivity contribution in [2.45, 2.75) is 26.2 Å². The molecule has 2 heterocycles. The third kappa shape index (κ3) is 2.51. The lowest BCUT2D eigenvalue weighted by Gasteiger charge is -2.09. The molecular formula is C14H16N4OS. The molecule has 3 rings (SSSR count). The highest BCUT2D eigenvalue weighted by Gasteiger charge is 2.19. The highest BCUT2D eigenvalue weighted by molar-refractivity contribution is 7.16. The Hall–Kier alpha value is -1.95. The number of hydrogen-bond acceptors (Lipinski definition) is 5. The summed E-state index contributed by atoms with van der Waals surface area (Å²) in [5.74, 6) is -0.165. The summed E-state index contributed by atoms with van der Waals surface area (Å²) in [7, 11) is 0. The molecule has 0 aromatic carbocycles. The molecule has 6 heteroatoms. The summed E-state index contributed by atoms with van der Waals surface area (Å²) >= 11 is 1.58. The van der Waals surface area contributed by atoms with Crippen LogP contribution in [-0.2, 0) is 12.8 Å². The molecule has 1 aliphatic rings. The molecule has 0 fully saturated rings. The summed E-state index contributed by atoms with van der Waals surface area (Å²) in [6.45, 7) is 2.75. The van der Waals surface area contributed by atoms with Crippen molar-refractivity contribution in [1.82, 2.24) is 9.97 Å². The molecule has 0 aliphatic heterocycles. The molecule has 1 aliphatic carbocycles. The molecule has 104 valence electrons. The van der Waals surface area contributed by atoms with Gasteiger partial charge >= 0.3 is 0 Å². The molecule has 0 spiro atoms. The molecule has 1 amide bonds. The zero-order valence-corrected chi connectivity index (χ0v) is 12.1.